The molecule has 2 aromatic rings. The molecule has 0 radical (unpaired) electrons. The van der Waals surface area contributed by atoms with Crippen LogP contribution in [0, 0.1) is 0 Å². The molecule has 1 atom stereocenters. The molecule has 0 spiro atoms. The van der Waals surface area contributed by atoms with Gasteiger partial charge in [-0.25, -0.2) is 9.59 Å². The van der Waals surface area contributed by atoms with Gasteiger partial charge in [-0.05, 0) is 28.7 Å². The number of carboxylic acids is 1. The predicted octanol–water partition coefficient (Wildman–Crippen LogP) is 8.74. The van der Waals surface area contributed by atoms with E-state index in [1.54, 1.807) is 0 Å². The van der Waals surface area contributed by atoms with Gasteiger partial charge in [0.05, 0.1) is 0 Å². The van der Waals surface area contributed by atoms with Crippen molar-refractivity contribution in [2.24, 2.45) is 0 Å². The Kier molecular flexibility index (Phi) is 16.8. The molecule has 0 saturated carbocycles. The number of fused-ring (bicyclic) bond motifs is 3. The molecular weight excluding hydrogens is 574 g/mol. The molecule has 44 heavy (non-hydrogen) atoms. The van der Waals surface area contributed by atoms with Crippen molar-refractivity contribution in [2.75, 3.05) is 24.7 Å². The standard InChI is InChI=1S/C36H51NO6S/c1-2-3-4-5-6-7-8-9-10-11-12-13-14-23-34(38)42-24-25-44-27-33(35(39)40)37-36(41)43-26-32-30-21-17-15-19-28(30)29-20-16-18-22-31(29)32/h15-22,32-33H,2-14,23-27H2,1H3,(H,37,41)(H,39,40)/t33-/m1/s1. The van der Waals surface area contributed by atoms with Gasteiger partial charge < -0.3 is 19.9 Å². The third kappa shape index (κ3) is 12.5. The van der Waals surface area contributed by atoms with E-state index >= 15 is 0 Å². The van der Waals surface area contributed by atoms with Crippen molar-refractivity contribution in [1.82, 2.24) is 5.32 Å². The Morgan fingerprint density at radius 2 is 1.30 bits per heavy atom. The van der Waals surface area contributed by atoms with Gasteiger partial charge in [-0.3, -0.25) is 4.79 Å². The topological polar surface area (TPSA) is 102 Å². The van der Waals surface area contributed by atoms with Gasteiger partial charge in [-0.1, -0.05) is 133 Å². The number of hydrogen-bond donors (Lipinski definition) is 2. The fourth-order valence-electron chi connectivity index (χ4n) is 5.73. The third-order valence-corrected chi connectivity index (χ3v) is 9.22. The van der Waals surface area contributed by atoms with Crippen LogP contribution in [0.25, 0.3) is 11.1 Å². The van der Waals surface area contributed by atoms with Gasteiger partial charge in [0.25, 0.3) is 0 Å². The molecule has 2 N–H and O–H groups in total. The summed E-state index contributed by atoms with van der Waals surface area (Å²) in [5, 5.41) is 12.1. The van der Waals surface area contributed by atoms with Crippen molar-refractivity contribution < 1.29 is 29.0 Å². The van der Waals surface area contributed by atoms with Gasteiger partial charge in [0.15, 0.2) is 0 Å². The van der Waals surface area contributed by atoms with E-state index in [-0.39, 0.29) is 30.9 Å². The van der Waals surface area contributed by atoms with Crippen LogP contribution in [0.15, 0.2) is 48.5 Å². The van der Waals surface area contributed by atoms with E-state index in [2.05, 4.69) is 24.4 Å². The monoisotopic (exact) mass is 625 g/mol. The number of esters is 1. The smallest absolute Gasteiger partial charge is 0.407 e. The summed E-state index contributed by atoms with van der Waals surface area (Å²) in [6.45, 7) is 2.59. The van der Waals surface area contributed by atoms with E-state index in [1.165, 1.54) is 76.0 Å². The number of alkyl carbamates (subject to hydrolysis) is 1. The number of benzene rings is 2. The van der Waals surface area contributed by atoms with Crippen LogP contribution in [0.5, 0.6) is 0 Å². The molecule has 0 fully saturated rings. The van der Waals surface area contributed by atoms with Gasteiger partial charge in [0.2, 0.25) is 0 Å². The van der Waals surface area contributed by atoms with Crippen molar-refractivity contribution in [3.05, 3.63) is 59.7 Å². The van der Waals surface area contributed by atoms with Gasteiger partial charge >= 0.3 is 18.0 Å². The minimum absolute atomic E-state index is 0.0970. The van der Waals surface area contributed by atoms with Gasteiger partial charge in [0, 0.05) is 23.8 Å². The van der Waals surface area contributed by atoms with Crippen LogP contribution in [0.3, 0.4) is 0 Å². The number of amides is 1. The van der Waals surface area contributed by atoms with E-state index in [1.807, 2.05) is 36.4 Å². The number of nitrogens with one attached hydrogen (secondary N) is 1. The highest BCUT2D eigenvalue weighted by Crippen LogP contribution is 2.44. The molecule has 2 aromatic carbocycles. The van der Waals surface area contributed by atoms with Crippen molar-refractivity contribution in [2.45, 2.75) is 109 Å². The number of carbonyl (C=O) groups is 3. The molecular formula is C36H51NO6S. The quantitative estimate of drug-likeness (QED) is 0.0940. The van der Waals surface area contributed by atoms with Crippen LogP contribution in [-0.2, 0) is 19.1 Å². The summed E-state index contributed by atoms with van der Waals surface area (Å²) in [6.07, 6.45) is 16.0. The van der Waals surface area contributed by atoms with E-state index < -0.39 is 18.1 Å². The number of aliphatic carboxylic acids is 1. The largest absolute Gasteiger partial charge is 0.480 e. The number of hydrogen-bond acceptors (Lipinski definition) is 6. The highest BCUT2D eigenvalue weighted by molar-refractivity contribution is 7.99. The molecule has 7 nitrogen and oxygen atoms in total. The Hall–Kier alpha value is -3.00. The second-order valence-corrected chi connectivity index (χ2v) is 12.8. The molecule has 0 bridgehead atoms. The maximum Gasteiger partial charge on any atom is 0.407 e. The lowest BCUT2D eigenvalue weighted by Crippen LogP contribution is -2.43. The molecule has 8 heteroatoms. The first-order valence-corrected chi connectivity index (χ1v) is 17.7. The van der Waals surface area contributed by atoms with E-state index in [4.69, 9.17) is 9.47 Å². The van der Waals surface area contributed by atoms with Crippen molar-refractivity contribution in [3.8, 4) is 11.1 Å². The van der Waals surface area contributed by atoms with Crippen molar-refractivity contribution in [3.63, 3.8) is 0 Å². The first kappa shape index (κ1) is 35.5. The molecule has 0 aliphatic heterocycles. The second-order valence-electron chi connectivity index (χ2n) is 11.6. The van der Waals surface area contributed by atoms with E-state index in [9.17, 15) is 19.5 Å². The van der Waals surface area contributed by atoms with Crippen LogP contribution in [0.1, 0.15) is 114 Å². The van der Waals surface area contributed by atoms with Crippen LogP contribution in [0.2, 0.25) is 0 Å². The minimum atomic E-state index is -1.13. The zero-order valence-electron chi connectivity index (χ0n) is 26.4. The van der Waals surface area contributed by atoms with Gasteiger partial charge in [0.1, 0.15) is 19.3 Å². The Morgan fingerprint density at radius 1 is 0.773 bits per heavy atom. The first-order valence-electron chi connectivity index (χ1n) is 16.6. The molecule has 1 amide bonds. The van der Waals surface area contributed by atoms with Crippen LogP contribution >= 0.6 is 11.8 Å². The predicted molar refractivity (Wildman–Crippen MR) is 178 cm³/mol. The second kappa shape index (κ2) is 20.9. The summed E-state index contributed by atoms with van der Waals surface area (Å²) < 4.78 is 10.8. The Bertz CT molecular complexity index is 1110. The fraction of sp³-hybridized carbons (Fsp3) is 0.583. The lowest BCUT2D eigenvalue weighted by Gasteiger charge is -2.17. The zero-order valence-corrected chi connectivity index (χ0v) is 27.2. The highest BCUT2D eigenvalue weighted by Gasteiger charge is 2.29. The number of carbonyl (C=O) groups excluding carboxylic acids is 2. The zero-order chi connectivity index (χ0) is 31.4. The molecule has 3 rings (SSSR count). The number of carboxylic acid groups (broad SMARTS) is 1. The fourth-order valence-corrected chi connectivity index (χ4v) is 6.56. The molecule has 1 aliphatic rings. The average Bonchev–Trinajstić information content (AvgIpc) is 3.35. The maximum absolute atomic E-state index is 12.5. The average molecular weight is 626 g/mol. The molecule has 0 saturated heterocycles. The number of rotatable bonds is 23. The SMILES string of the molecule is CCCCCCCCCCCCCCCC(=O)OCCSC[C@@H](NC(=O)OCC1c2ccccc2-c2ccccc21)C(=O)O. The number of thioether (sulfide) groups is 1. The summed E-state index contributed by atoms with van der Waals surface area (Å²) in [5.74, 6) is -0.831. The minimum Gasteiger partial charge on any atom is -0.480 e. The van der Waals surface area contributed by atoms with Crippen LogP contribution < -0.4 is 5.32 Å². The summed E-state index contributed by atoms with van der Waals surface area (Å²) >= 11 is 1.32. The van der Waals surface area contributed by atoms with E-state index in [0.717, 1.165) is 41.5 Å². The van der Waals surface area contributed by atoms with Gasteiger partial charge in [-0.15, -0.1) is 0 Å². The highest BCUT2D eigenvalue weighted by atomic mass is 32.2. The Morgan fingerprint density at radius 3 is 1.84 bits per heavy atom. The van der Waals surface area contributed by atoms with Crippen molar-refractivity contribution >= 4 is 29.8 Å². The molecule has 0 unspecified atom stereocenters. The summed E-state index contributed by atoms with van der Waals surface area (Å²) in [5.41, 5.74) is 4.44. The number of ether oxygens (including phenoxy) is 2. The Balaban J connectivity index is 1.21. The normalized spacial score (nSPS) is 12.8. The summed E-state index contributed by atoms with van der Waals surface area (Å²) in [4.78, 5) is 36.3. The summed E-state index contributed by atoms with van der Waals surface area (Å²) in [6, 6.07) is 15.0. The van der Waals surface area contributed by atoms with Crippen LogP contribution in [0.4, 0.5) is 4.79 Å². The van der Waals surface area contributed by atoms with Crippen LogP contribution in [-0.4, -0.2) is 53.9 Å². The maximum atomic E-state index is 12.5. The number of unbranched alkanes of at least 4 members (excludes halogenated alkanes) is 12. The lowest BCUT2D eigenvalue weighted by molar-refractivity contribution is -0.143. The lowest BCUT2D eigenvalue weighted by atomic mass is 9.98. The summed E-state index contributed by atoms with van der Waals surface area (Å²) in [7, 11) is 0. The van der Waals surface area contributed by atoms with E-state index in [0.29, 0.717) is 12.2 Å². The molecule has 242 valence electrons. The molecule has 0 aromatic heterocycles. The molecule has 1 aliphatic carbocycles. The Labute approximate surface area is 267 Å². The molecule has 0 heterocycles. The van der Waals surface area contributed by atoms with Gasteiger partial charge in [-0.2, -0.15) is 11.8 Å². The van der Waals surface area contributed by atoms with Crippen molar-refractivity contribution in [1.29, 1.82) is 0 Å². The first-order chi connectivity index (χ1) is 21.5. The third-order valence-electron chi connectivity index (χ3n) is 8.19.